The molecule has 2 saturated heterocycles. The fraction of sp³-hybridized carbons (Fsp3) is 0.652. The molecular weight excluding hydrogens is 416 g/mol. The van der Waals surface area contributed by atoms with Crippen molar-refractivity contribution in [1.29, 1.82) is 0 Å². The Hall–Kier alpha value is -1.93. The predicted molar refractivity (Wildman–Crippen MR) is 118 cm³/mol. The Morgan fingerprint density at radius 2 is 1.65 bits per heavy atom. The van der Waals surface area contributed by atoms with Gasteiger partial charge in [0.2, 0.25) is 10.0 Å². The molecule has 8 heteroatoms. The monoisotopic (exact) mass is 450 g/mol. The number of sulfonamides is 1. The van der Waals surface area contributed by atoms with Crippen LogP contribution in [0.5, 0.6) is 0 Å². The van der Waals surface area contributed by atoms with Crippen LogP contribution in [0.4, 0.5) is 0 Å². The van der Waals surface area contributed by atoms with Crippen molar-refractivity contribution in [2.24, 2.45) is 17.8 Å². The lowest BCUT2D eigenvalue weighted by molar-refractivity contribution is -0.157. The highest BCUT2D eigenvalue weighted by Crippen LogP contribution is 2.26. The summed E-state index contributed by atoms with van der Waals surface area (Å²) in [7, 11) is -3.58. The highest BCUT2D eigenvalue weighted by molar-refractivity contribution is 7.89. The summed E-state index contributed by atoms with van der Waals surface area (Å²) in [4.78, 5) is 27.0. The summed E-state index contributed by atoms with van der Waals surface area (Å²) in [6, 6.07) is 5.14. The summed E-state index contributed by atoms with van der Waals surface area (Å²) in [6.07, 6.45) is 1.90. The van der Waals surface area contributed by atoms with Gasteiger partial charge in [0.05, 0.1) is 10.8 Å². The second-order valence-electron chi connectivity index (χ2n) is 9.28. The molecule has 0 saturated carbocycles. The standard InChI is InChI=1S/C23H34N2O5S/c1-16-11-17(2)14-24(13-16)22(26)15-30-23(27)20-7-9-25(10-8-20)31(28,29)21-6-5-18(3)19(4)12-21/h5-6,12,16-17,20H,7-11,13-15H2,1-4H3. The van der Waals surface area contributed by atoms with Crippen LogP contribution in [0.25, 0.3) is 0 Å². The van der Waals surface area contributed by atoms with Crippen molar-refractivity contribution >= 4 is 21.9 Å². The first kappa shape index (κ1) is 23.7. The highest BCUT2D eigenvalue weighted by Gasteiger charge is 2.33. The Labute approximate surface area is 185 Å². The molecule has 1 aromatic carbocycles. The largest absolute Gasteiger partial charge is 0.455 e. The van der Waals surface area contributed by atoms with Gasteiger partial charge in [-0.3, -0.25) is 9.59 Å². The first-order chi connectivity index (χ1) is 14.6. The lowest BCUT2D eigenvalue weighted by Crippen LogP contribution is -2.45. The number of ether oxygens (including phenoxy) is 1. The van der Waals surface area contributed by atoms with Crippen LogP contribution in [-0.2, 0) is 24.3 Å². The SMILES string of the molecule is Cc1ccc(S(=O)(=O)N2CCC(C(=O)OCC(=O)N3CC(C)CC(C)C3)CC2)cc1C. The average molecular weight is 451 g/mol. The van der Waals surface area contributed by atoms with E-state index >= 15 is 0 Å². The average Bonchev–Trinajstić information content (AvgIpc) is 2.73. The van der Waals surface area contributed by atoms with Crippen LogP contribution in [0.1, 0.15) is 44.2 Å². The molecule has 0 aromatic heterocycles. The number of benzene rings is 1. The van der Waals surface area contributed by atoms with E-state index in [1.165, 1.54) is 4.31 Å². The van der Waals surface area contributed by atoms with Gasteiger partial charge in [0.15, 0.2) is 6.61 Å². The molecule has 0 N–H and O–H groups in total. The molecule has 172 valence electrons. The number of esters is 1. The summed E-state index contributed by atoms with van der Waals surface area (Å²) in [5, 5.41) is 0. The molecule has 2 fully saturated rings. The van der Waals surface area contributed by atoms with Gasteiger partial charge in [0, 0.05) is 26.2 Å². The third-order valence-corrected chi connectivity index (χ3v) is 8.36. The molecule has 0 radical (unpaired) electrons. The molecule has 3 rings (SSSR count). The van der Waals surface area contributed by atoms with Gasteiger partial charge in [-0.1, -0.05) is 19.9 Å². The second kappa shape index (κ2) is 9.69. The molecule has 0 spiro atoms. The minimum atomic E-state index is -3.58. The lowest BCUT2D eigenvalue weighted by Gasteiger charge is -2.35. The number of rotatable bonds is 5. The third kappa shape index (κ3) is 5.66. The highest BCUT2D eigenvalue weighted by atomic mass is 32.2. The molecule has 2 aliphatic rings. The van der Waals surface area contributed by atoms with Crippen molar-refractivity contribution in [3.63, 3.8) is 0 Å². The maximum Gasteiger partial charge on any atom is 0.309 e. The van der Waals surface area contributed by atoms with Crippen molar-refractivity contribution in [2.75, 3.05) is 32.8 Å². The number of hydrogen-bond donors (Lipinski definition) is 0. The molecule has 0 aliphatic carbocycles. The molecule has 7 nitrogen and oxygen atoms in total. The summed E-state index contributed by atoms with van der Waals surface area (Å²) in [6.45, 7) is 9.80. The van der Waals surface area contributed by atoms with E-state index in [1.54, 1.807) is 17.0 Å². The van der Waals surface area contributed by atoms with E-state index in [2.05, 4.69) is 13.8 Å². The van der Waals surface area contributed by atoms with E-state index < -0.39 is 16.0 Å². The number of amides is 1. The van der Waals surface area contributed by atoms with E-state index in [0.29, 0.717) is 37.8 Å². The van der Waals surface area contributed by atoms with Crippen LogP contribution < -0.4 is 0 Å². The Morgan fingerprint density at radius 3 is 2.23 bits per heavy atom. The minimum absolute atomic E-state index is 0.151. The molecule has 2 heterocycles. The van der Waals surface area contributed by atoms with Crippen LogP contribution >= 0.6 is 0 Å². The van der Waals surface area contributed by atoms with Gasteiger partial charge in [-0.25, -0.2) is 8.42 Å². The predicted octanol–water partition coefficient (Wildman–Crippen LogP) is 2.75. The number of piperidine rings is 2. The molecule has 31 heavy (non-hydrogen) atoms. The van der Waals surface area contributed by atoms with Crippen molar-refractivity contribution in [3.05, 3.63) is 29.3 Å². The first-order valence-electron chi connectivity index (χ1n) is 11.1. The number of aryl methyl sites for hydroxylation is 2. The van der Waals surface area contributed by atoms with Gasteiger partial charge in [0.1, 0.15) is 0 Å². The van der Waals surface area contributed by atoms with Gasteiger partial charge < -0.3 is 9.64 Å². The number of nitrogens with zero attached hydrogens (tertiary/aromatic N) is 2. The van der Waals surface area contributed by atoms with Crippen molar-refractivity contribution in [2.45, 2.75) is 51.9 Å². The number of likely N-dealkylation sites (tertiary alicyclic amines) is 1. The first-order valence-corrected chi connectivity index (χ1v) is 12.5. The third-order valence-electron chi connectivity index (χ3n) is 6.46. The molecule has 1 aromatic rings. The quantitative estimate of drug-likeness (QED) is 0.644. The van der Waals surface area contributed by atoms with Crippen LogP contribution in [-0.4, -0.2) is 62.3 Å². The lowest BCUT2D eigenvalue weighted by atomic mass is 9.92. The van der Waals surface area contributed by atoms with Crippen LogP contribution in [0, 0.1) is 31.6 Å². The van der Waals surface area contributed by atoms with Crippen LogP contribution in [0.15, 0.2) is 23.1 Å². The van der Waals surface area contributed by atoms with Gasteiger partial charge in [-0.2, -0.15) is 4.31 Å². The molecular formula is C23H34N2O5S. The normalized spacial score (nSPS) is 23.5. The van der Waals surface area contributed by atoms with E-state index in [4.69, 9.17) is 4.74 Å². The Morgan fingerprint density at radius 1 is 1.03 bits per heavy atom. The maximum atomic E-state index is 12.9. The van der Waals surface area contributed by atoms with Crippen LogP contribution in [0.3, 0.4) is 0 Å². The Bertz CT molecular complexity index is 912. The van der Waals surface area contributed by atoms with Crippen molar-refractivity contribution in [3.8, 4) is 0 Å². The van der Waals surface area contributed by atoms with Gasteiger partial charge in [-0.15, -0.1) is 0 Å². The molecule has 1 amide bonds. The van der Waals surface area contributed by atoms with Gasteiger partial charge in [0.25, 0.3) is 5.91 Å². The summed E-state index contributed by atoms with van der Waals surface area (Å²) in [5.74, 6) is -0.0339. The number of carbonyl (C=O) groups excluding carboxylic acids is 2. The summed E-state index contributed by atoms with van der Waals surface area (Å²) in [5.41, 5.74) is 1.98. The molecule has 0 bridgehead atoms. The zero-order chi connectivity index (χ0) is 22.8. The number of carbonyl (C=O) groups is 2. The molecule has 2 unspecified atom stereocenters. The zero-order valence-electron chi connectivity index (χ0n) is 19.0. The van der Waals surface area contributed by atoms with Gasteiger partial charge in [-0.05, 0) is 68.2 Å². The smallest absolute Gasteiger partial charge is 0.309 e. The molecule has 2 aliphatic heterocycles. The van der Waals surface area contributed by atoms with Crippen molar-refractivity contribution < 1.29 is 22.7 Å². The minimum Gasteiger partial charge on any atom is -0.455 e. The Balaban J connectivity index is 1.50. The fourth-order valence-electron chi connectivity index (χ4n) is 4.56. The summed E-state index contributed by atoms with van der Waals surface area (Å²) < 4.78 is 32.6. The van der Waals surface area contributed by atoms with Crippen LogP contribution in [0.2, 0.25) is 0 Å². The molecule has 2 atom stereocenters. The zero-order valence-corrected chi connectivity index (χ0v) is 19.8. The van der Waals surface area contributed by atoms with Crippen molar-refractivity contribution in [1.82, 2.24) is 9.21 Å². The van der Waals surface area contributed by atoms with Gasteiger partial charge >= 0.3 is 5.97 Å². The Kier molecular flexibility index (Phi) is 7.42. The summed E-state index contributed by atoms with van der Waals surface area (Å²) >= 11 is 0. The maximum absolute atomic E-state index is 12.9. The second-order valence-corrected chi connectivity index (χ2v) is 11.2. The topological polar surface area (TPSA) is 84.0 Å². The van der Waals surface area contributed by atoms with E-state index in [-0.39, 0.29) is 36.4 Å². The number of hydrogen-bond acceptors (Lipinski definition) is 5. The van der Waals surface area contributed by atoms with E-state index in [9.17, 15) is 18.0 Å². The van der Waals surface area contributed by atoms with E-state index in [0.717, 1.165) is 17.5 Å². The fourth-order valence-corrected chi connectivity index (χ4v) is 6.12. The van der Waals surface area contributed by atoms with E-state index in [1.807, 2.05) is 19.9 Å².